The second kappa shape index (κ2) is 5.22. The lowest BCUT2D eigenvalue weighted by Gasteiger charge is -2.16. The van der Waals surface area contributed by atoms with Crippen LogP contribution in [0.4, 0.5) is 0 Å². The molecule has 18 heavy (non-hydrogen) atoms. The number of rotatable bonds is 4. The molecule has 0 saturated heterocycles. The number of hydrogen-bond donors (Lipinski definition) is 0. The van der Waals surface area contributed by atoms with Crippen molar-refractivity contribution in [3.63, 3.8) is 0 Å². The first-order chi connectivity index (χ1) is 8.50. The summed E-state index contributed by atoms with van der Waals surface area (Å²) in [4.78, 5) is 0. The van der Waals surface area contributed by atoms with Crippen LogP contribution in [0.3, 0.4) is 0 Å². The number of nitrogens with zero attached hydrogens (tertiary/aromatic N) is 1. The molecule has 3 nitrogen and oxygen atoms in total. The number of benzene rings is 1. The number of thiophene rings is 1. The molecule has 0 amide bonds. The molecule has 0 aliphatic rings. The third-order valence-corrected chi connectivity index (χ3v) is 5.86. The lowest BCUT2D eigenvalue weighted by Crippen LogP contribution is -2.25. The van der Waals surface area contributed by atoms with E-state index in [1.807, 2.05) is 31.2 Å². The summed E-state index contributed by atoms with van der Waals surface area (Å²) >= 11 is 1.24. The first-order valence-electron chi connectivity index (χ1n) is 5.55. The second-order valence-corrected chi connectivity index (χ2v) is 7.40. The molecule has 96 valence electrons. The van der Waals surface area contributed by atoms with E-state index in [1.54, 1.807) is 24.6 Å². The van der Waals surface area contributed by atoms with Gasteiger partial charge in [-0.3, -0.25) is 0 Å². The monoisotopic (exact) mass is 281 g/mol. The van der Waals surface area contributed by atoms with Crippen molar-refractivity contribution >= 4 is 21.4 Å². The van der Waals surface area contributed by atoms with E-state index in [9.17, 15) is 8.42 Å². The zero-order valence-corrected chi connectivity index (χ0v) is 12.0. The van der Waals surface area contributed by atoms with Crippen molar-refractivity contribution in [1.82, 2.24) is 4.31 Å². The van der Waals surface area contributed by atoms with Gasteiger partial charge in [-0.2, -0.15) is 4.31 Å². The van der Waals surface area contributed by atoms with Crippen molar-refractivity contribution in [3.05, 3.63) is 52.9 Å². The SMILES string of the molecule is Cc1ccc(CN(C)S(=O)(=O)c2cccs2)cc1. The van der Waals surface area contributed by atoms with Crippen LogP contribution in [0.2, 0.25) is 0 Å². The summed E-state index contributed by atoms with van der Waals surface area (Å²) in [5, 5.41) is 1.77. The molecule has 0 atom stereocenters. The van der Waals surface area contributed by atoms with Gasteiger partial charge in [0, 0.05) is 13.6 Å². The summed E-state index contributed by atoms with van der Waals surface area (Å²) in [7, 11) is -1.75. The van der Waals surface area contributed by atoms with Crippen molar-refractivity contribution in [3.8, 4) is 0 Å². The Morgan fingerprint density at radius 2 is 1.83 bits per heavy atom. The molecule has 0 N–H and O–H groups in total. The average molecular weight is 281 g/mol. The van der Waals surface area contributed by atoms with Gasteiger partial charge in [0.15, 0.2) is 0 Å². The molecule has 0 saturated carbocycles. The molecule has 0 aliphatic carbocycles. The Hall–Kier alpha value is -1.17. The van der Waals surface area contributed by atoms with E-state index in [2.05, 4.69) is 0 Å². The summed E-state index contributed by atoms with van der Waals surface area (Å²) < 4.78 is 26.2. The van der Waals surface area contributed by atoms with Gasteiger partial charge in [0.25, 0.3) is 10.0 Å². The Morgan fingerprint density at radius 1 is 1.17 bits per heavy atom. The van der Waals surface area contributed by atoms with Crippen LogP contribution in [0.5, 0.6) is 0 Å². The molecule has 1 heterocycles. The third-order valence-electron chi connectivity index (χ3n) is 2.69. The van der Waals surface area contributed by atoms with Gasteiger partial charge in [0.2, 0.25) is 0 Å². The second-order valence-electron chi connectivity index (χ2n) is 4.18. The molecule has 2 aromatic rings. The standard InChI is InChI=1S/C13H15NO2S2/c1-11-5-7-12(8-6-11)10-14(2)18(15,16)13-4-3-9-17-13/h3-9H,10H2,1-2H3. The summed E-state index contributed by atoms with van der Waals surface area (Å²) in [5.41, 5.74) is 2.16. The van der Waals surface area contributed by atoms with Gasteiger partial charge in [-0.15, -0.1) is 11.3 Å². The molecule has 2 rings (SSSR count). The maximum absolute atomic E-state index is 12.2. The van der Waals surface area contributed by atoms with E-state index in [-0.39, 0.29) is 0 Å². The fraction of sp³-hybridized carbons (Fsp3) is 0.231. The summed E-state index contributed by atoms with van der Waals surface area (Å²) in [6, 6.07) is 11.3. The van der Waals surface area contributed by atoms with E-state index < -0.39 is 10.0 Å². The Labute approximate surface area is 112 Å². The molecule has 0 radical (unpaired) electrons. The van der Waals surface area contributed by atoms with Crippen molar-refractivity contribution in [1.29, 1.82) is 0 Å². The van der Waals surface area contributed by atoms with Crippen LogP contribution >= 0.6 is 11.3 Å². The molecular weight excluding hydrogens is 266 g/mol. The van der Waals surface area contributed by atoms with E-state index in [0.717, 1.165) is 5.56 Å². The van der Waals surface area contributed by atoms with Crippen LogP contribution in [0.1, 0.15) is 11.1 Å². The highest BCUT2D eigenvalue weighted by atomic mass is 32.2. The number of hydrogen-bond acceptors (Lipinski definition) is 3. The Balaban J connectivity index is 2.17. The highest BCUT2D eigenvalue weighted by Crippen LogP contribution is 2.21. The molecule has 0 bridgehead atoms. The normalized spacial score (nSPS) is 11.9. The predicted octanol–water partition coefficient (Wildman–Crippen LogP) is 2.88. The van der Waals surface area contributed by atoms with Gasteiger partial charge in [-0.05, 0) is 23.9 Å². The molecule has 1 aromatic carbocycles. The van der Waals surface area contributed by atoms with Crippen molar-refractivity contribution in [2.75, 3.05) is 7.05 Å². The van der Waals surface area contributed by atoms with Crippen molar-refractivity contribution in [2.45, 2.75) is 17.7 Å². The zero-order valence-electron chi connectivity index (χ0n) is 10.3. The van der Waals surface area contributed by atoms with Gasteiger partial charge in [0.1, 0.15) is 4.21 Å². The van der Waals surface area contributed by atoms with E-state index in [0.29, 0.717) is 10.8 Å². The van der Waals surface area contributed by atoms with E-state index in [4.69, 9.17) is 0 Å². The Kier molecular flexibility index (Phi) is 3.85. The first kappa shape index (κ1) is 13.3. The molecule has 0 unspecified atom stereocenters. The topological polar surface area (TPSA) is 37.4 Å². The fourth-order valence-electron chi connectivity index (χ4n) is 1.60. The molecular formula is C13H15NO2S2. The third kappa shape index (κ3) is 2.80. The minimum absolute atomic E-state index is 0.386. The highest BCUT2D eigenvalue weighted by Gasteiger charge is 2.21. The van der Waals surface area contributed by atoms with Gasteiger partial charge in [-0.25, -0.2) is 8.42 Å². The van der Waals surface area contributed by atoms with Gasteiger partial charge in [0.05, 0.1) is 0 Å². The minimum atomic E-state index is -3.35. The quantitative estimate of drug-likeness (QED) is 0.864. The molecule has 0 fully saturated rings. The van der Waals surface area contributed by atoms with Crippen molar-refractivity contribution < 1.29 is 8.42 Å². The highest BCUT2D eigenvalue weighted by molar-refractivity contribution is 7.91. The number of aryl methyl sites for hydroxylation is 1. The largest absolute Gasteiger partial charge is 0.252 e. The fourth-order valence-corrected chi connectivity index (χ4v) is 3.96. The maximum atomic E-state index is 12.2. The van der Waals surface area contributed by atoms with E-state index in [1.165, 1.54) is 21.2 Å². The molecule has 1 aromatic heterocycles. The lowest BCUT2D eigenvalue weighted by molar-refractivity contribution is 0.468. The Bertz CT molecular complexity index is 601. The molecule has 0 spiro atoms. The number of sulfonamides is 1. The summed E-state index contributed by atoms with van der Waals surface area (Å²) in [6.45, 7) is 2.40. The molecule has 0 aliphatic heterocycles. The first-order valence-corrected chi connectivity index (χ1v) is 7.87. The van der Waals surface area contributed by atoms with Crippen LogP contribution in [0, 0.1) is 6.92 Å². The smallest absolute Gasteiger partial charge is 0.206 e. The van der Waals surface area contributed by atoms with Crippen LogP contribution < -0.4 is 0 Å². The van der Waals surface area contributed by atoms with E-state index >= 15 is 0 Å². The van der Waals surface area contributed by atoms with Crippen LogP contribution in [-0.4, -0.2) is 19.8 Å². The van der Waals surface area contributed by atoms with Crippen LogP contribution in [0.25, 0.3) is 0 Å². The van der Waals surface area contributed by atoms with Gasteiger partial charge < -0.3 is 0 Å². The summed E-state index contributed by atoms with van der Waals surface area (Å²) in [5.74, 6) is 0. The Morgan fingerprint density at radius 3 is 2.39 bits per heavy atom. The van der Waals surface area contributed by atoms with Gasteiger partial charge >= 0.3 is 0 Å². The maximum Gasteiger partial charge on any atom is 0.252 e. The van der Waals surface area contributed by atoms with Crippen LogP contribution in [0.15, 0.2) is 46.0 Å². The average Bonchev–Trinajstić information content (AvgIpc) is 2.86. The lowest BCUT2D eigenvalue weighted by atomic mass is 10.1. The minimum Gasteiger partial charge on any atom is -0.206 e. The van der Waals surface area contributed by atoms with Crippen molar-refractivity contribution in [2.24, 2.45) is 0 Å². The predicted molar refractivity (Wildman–Crippen MR) is 74.2 cm³/mol. The van der Waals surface area contributed by atoms with Crippen LogP contribution in [-0.2, 0) is 16.6 Å². The molecule has 5 heteroatoms. The zero-order chi connectivity index (χ0) is 13.2. The van der Waals surface area contributed by atoms with Gasteiger partial charge in [-0.1, -0.05) is 35.9 Å². The summed E-state index contributed by atoms with van der Waals surface area (Å²) in [6.07, 6.45) is 0.